The molecule has 4 fully saturated rings. The normalized spacial score (nSPS) is 35.3. The third kappa shape index (κ3) is 5.03. The first-order valence-electron chi connectivity index (χ1n) is 18.0. The molecule has 6 nitrogen and oxygen atoms in total. The fourth-order valence-corrected chi connectivity index (χ4v) is 11.2. The molecule has 8 atom stereocenters. The van der Waals surface area contributed by atoms with E-state index >= 15 is 0 Å². The SMILES string of the molecule is C[C@]12CC[C@H](O)C[C@@H]1CC[C@@H]1[C@@H]2CC[C@]2(C)[C@@H](OCCNCc3ccc(-c4[nH]c5cc(F)cc6c5c4CCNC6=O)cc3)CC[C@@H]12. The molecule has 2 aromatic carbocycles. The van der Waals surface area contributed by atoms with Gasteiger partial charge in [0.25, 0.3) is 5.91 Å². The van der Waals surface area contributed by atoms with Gasteiger partial charge in [0.1, 0.15) is 5.82 Å². The highest BCUT2D eigenvalue weighted by Crippen LogP contribution is 2.66. The molecule has 1 aliphatic heterocycles. The van der Waals surface area contributed by atoms with Gasteiger partial charge in [-0.05, 0) is 128 Å². The summed E-state index contributed by atoms with van der Waals surface area (Å²) in [5.41, 5.74) is 6.08. The summed E-state index contributed by atoms with van der Waals surface area (Å²) in [6.07, 6.45) is 12.0. The molecule has 8 rings (SSSR count). The summed E-state index contributed by atoms with van der Waals surface area (Å²) in [6.45, 7) is 7.99. The van der Waals surface area contributed by atoms with Gasteiger partial charge in [0.15, 0.2) is 0 Å². The lowest BCUT2D eigenvalue weighted by atomic mass is 9.45. The zero-order valence-corrected chi connectivity index (χ0v) is 27.5. The van der Waals surface area contributed by atoms with Crippen molar-refractivity contribution >= 4 is 16.8 Å². The van der Waals surface area contributed by atoms with Crippen LogP contribution >= 0.6 is 0 Å². The highest BCUT2D eigenvalue weighted by Gasteiger charge is 2.60. The van der Waals surface area contributed by atoms with Gasteiger partial charge in [-0.25, -0.2) is 4.39 Å². The summed E-state index contributed by atoms with van der Waals surface area (Å²) in [4.78, 5) is 15.9. The number of ether oxygens (including phenoxy) is 1. The third-order valence-electron chi connectivity index (χ3n) is 13.6. The Morgan fingerprint density at radius 1 is 1.00 bits per heavy atom. The molecule has 4 saturated carbocycles. The van der Waals surface area contributed by atoms with Crippen molar-refractivity contribution in [2.24, 2.45) is 34.5 Å². The smallest absolute Gasteiger partial charge is 0.252 e. The summed E-state index contributed by atoms with van der Waals surface area (Å²) < 4.78 is 20.9. The van der Waals surface area contributed by atoms with Crippen LogP contribution < -0.4 is 10.6 Å². The van der Waals surface area contributed by atoms with Crippen LogP contribution in [-0.2, 0) is 17.7 Å². The number of benzene rings is 2. The number of aromatic nitrogens is 1. The first-order chi connectivity index (χ1) is 22.2. The second-order valence-corrected chi connectivity index (χ2v) is 15.8. The van der Waals surface area contributed by atoms with Crippen LogP contribution in [0.15, 0.2) is 36.4 Å². The molecular formula is C39H50FN3O3. The largest absolute Gasteiger partial charge is 0.393 e. The van der Waals surface area contributed by atoms with E-state index in [1.165, 1.54) is 62.6 Å². The van der Waals surface area contributed by atoms with E-state index in [4.69, 9.17) is 4.74 Å². The Balaban J connectivity index is 0.857. The number of amides is 1. The zero-order valence-electron chi connectivity index (χ0n) is 27.5. The monoisotopic (exact) mass is 627 g/mol. The average molecular weight is 628 g/mol. The van der Waals surface area contributed by atoms with E-state index in [1.807, 2.05) is 0 Å². The molecular weight excluding hydrogens is 577 g/mol. The molecule has 0 bridgehead atoms. The third-order valence-corrected chi connectivity index (χ3v) is 13.6. The molecule has 0 unspecified atom stereocenters. The van der Waals surface area contributed by atoms with Gasteiger partial charge in [-0.2, -0.15) is 0 Å². The Morgan fingerprint density at radius 3 is 2.65 bits per heavy atom. The van der Waals surface area contributed by atoms with Crippen LogP contribution in [-0.4, -0.2) is 47.9 Å². The number of aromatic amines is 1. The summed E-state index contributed by atoms with van der Waals surface area (Å²) in [5.74, 6) is 2.54. The maximum Gasteiger partial charge on any atom is 0.252 e. The van der Waals surface area contributed by atoms with Crippen molar-refractivity contribution in [1.82, 2.24) is 15.6 Å². The van der Waals surface area contributed by atoms with Crippen LogP contribution in [0.3, 0.4) is 0 Å². The maximum absolute atomic E-state index is 14.3. The van der Waals surface area contributed by atoms with Gasteiger partial charge in [0.05, 0.1) is 24.4 Å². The van der Waals surface area contributed by atoms with E-state index in [-0.39, 0.29) is 12.0 Å². The summed E-state index contributed by atoms with van der Waals surface area (Å²) in [6, 6.07) is 11.3. The van der Waals surface area contributed by atoms with Gasteiger partial charge < -0.3 is 25.5 Å². The number of rotatable bonds is 7. The Labute approximate surface area is 272 Å². The van der Waals surface area contributed by atoms with Crippen molar-refractivity contribution in [3.63, 3.8) is 0 Å². The quantitative estimate of drug-likeness (QED) is 0.210. The molecule has 246 valence electrons. The number of halogens is 1. The fraction of sp³-hybridized carbons (Fsp3) is 0.615. The highest BCUT2D eigenvalue weighted by molar-refractivity contribution is 6.10. The molecule has 5 aliphatic rings. The van der Waals surface area contributed by atoms with Crippen molar-refractivity contribution in [3.05, 3.63) is 58.9 Å². The molecule has 1 amide bonds. The predicted molar refractivity (Wildman–Crippen MR) is 179 cm³/mol. The second kappa shape index (κ2) is 11.7. The minimum atomic E-state index is -0.406. The van der Waals surface area contributed by atoms with Crippen LogP contribution in [0.4, 0.5) is 4.39 Å². The predicted octanol–water partition coefficient (Wildman–Crippen LogP) is 7.14. The van der Waals surface area contributed by atoms with Gasteiger partial charge in [-0.1, -0.05) is 38.1 Å². The second-order valence-electron chi connectivity index (χ2n) is 15.8. The number of aliphatic hydroxyl groups is 1. The van der Waals surface area contributed by atoms with Gasteiger partial charge in [0, 0.05) is 36.2 Å². The van der Waals surface area contributed by atoms with Crippen molar-refractivity contribution < 1.29 is 19.0 Å². The lowest BCUT2D eigenvalue weighted by Gasteiger charge is -2.60. The number of fused-ring (bicyclic) bond motifs is 5. The Kier molecular flexibility index (Phi) is 7.81. The number of carbonyl (C=O) groups excluding carboxylic acids is 1. The number of nitrogens with one attached hydrogen (secondary N) is 3. The van der Waals surface area contributed by atoms with Crippen LogP contribution in [0.2, 0.25) is 0 Å². The number of hydrogen-bond donors (Lipinski definition) is 4. The first-order valence-corrected chi connectivity index (χ1v) is 18.0. The van der Waals surface area contributed by atoms with Gasteiger partial charge >= 0.3 is 0 Å². The minimum Gasteiger partial charge on any atom is -0.393 e. The summed E-state index contributed by atoms with van der Waals surface area (Å²) in [7, 11) is 0. The van der Waals surface area contributed by atoms with Gasteiger partial charge in [0.2, 0.25) is 0 Å². The summed E-state index contributed by atoms with van der Waals surface area (Å²) in [5, 5.41) is 17.7. The molecule has 0 radical (unpaired) electrons. The van der Waals surface area contributed by atoms with Crippen LogP contribution in [0.25, 0.3) is 22.2 Å². The molecule has 7 heteroatoms. The summed E-state index contributed by atoms with van der Waals surface area (Å²) >= 11 is 0. The molecule has 4 N–H and O–H groups in total. The molecule has 1 aromatic heterocycles. The van der Waals surface area contributed by atoms with Crippen LogP contribution in [0.1, 0.15) is 93.1 Å². The molecule has 46 heavy (non-hydrogen) atoms. The van der Waals surface area contributed by atoms with Crippen molar-refractivity contribution in [2.75, 3.05) is 19.7 Å². The van der Waals surface area contributed by atoms with Crippen molar-refractivity contribution in [3.8, 4) is 11.3 Å². The topological polar surface area (TPSA) is 86.4 Å². The fourth-order valence-electron chi connectivity index (χ4n) is 11.2. The van der Waals surface area contributed by atoms with Crippen molar-refractivity contribution in [1.29, 1.82) is 0 Å². The minimum absolute atomic E-state index is 0.0727. The first kappa shape index (κ1) is 30.6. The number of hydrogen-bond acceptors (Lipinski definition) is 4. The van der Waals surface area contributed by atoms with Crippen LogP contribution in [0, 0.1) is 40.3 Å². The number of carbonyl (C=O) groups is 1. The van der Waals surface area contributed by atoms with E-state index in [0.717, 1.165) is 72.5 Å². The lowest BCUT2D eigenvalue weighted by Crippen LogP contribution is -2.54. The van der Waals surface area contributed by atoms with Crippen molar-refractivity contribution in [2.45, 2.75) is 96.8 Å². The van der Waals surface area contributed by atoms with E-state index in [1.54, 1.807) is 0 Å². The van der Waals surface area contributed by atoms with E-state index in [0.29, 0.717) is 46.9 Å². The van der Waals surface area contributed by atoms with E-state index in [9.17, 15) is 14.3 Å². The number of H-pyrrole nitrogens is 1. The number of aliphatic hydroxyl groups excluding tert-OH is 1. The Morgan fingerprint density at radius 2 is 1.80 bits per heavy atom. The van der Waals surface area contributed by atoms with Gasteiger partial charge in [-0.3, -0.25) is 4.79 Å². The standard InChI is InChI=1S/C39H50FN3O3/c1-38-14-11-27(44)19-25(38)7-8-28-31-9-10-34(39(31,2)15-12-32(28)38)46-18-17-41-22-23-3-5-24(6-4-23)36-29-13-16-42-37(45)30-20-26(40)21-33(43-36)35(29)30/h3-6,20-21,25,27-28,31-32,34,41,43-44H,7-19,22H2,1-2H3,(H,42,45)/t25-,27-,28-,31-,32-,34-,38-,39-/m0/s1. The Hall–Kier alpha value is -2.74. The zero-order chi connectivity index (χ0) is 31.6. The average Bonchev–Trinajstić information content (AvgIpc) is 3.52. The molecule has 0 spiro atoms. The van der Waals surface area contributed by atoms with E-state index in [2.05, 4.69) is 53.7 Å². The van der Waals surface area contributed by atoms with Gasteiger partial charge in [-0.15, -0.1) is 0 Å². The Bertz CT molecular complexity index is 1620. The molecule has 3 aromatic rings. The van der Waals surface area contributed by atoms with E-state index < -0.39 is 5.82 Å². The molecule has 0 saturated heterocycles. The molecule has 2 heterocycles. The maximum atomic E-state index is 14.3. The highest BCUT2D eigenvalue weighted by atomic mass is 19.1. The van der Waals surface area contributed by atoms with Crippen LogP contribution in [0.5, 0.6) is 0 Å². The molecule has 4 aliphatic carbocycles. The lowest BCUT2D eigenvalue weighted by molar-refractivity contribution is -0.140.